The molecule has 1 atom stereocenters. The summed E-state index contributed by atoms with van der Waals surface area (Å²) in [7, 11) is 0. The second kappa shape index (κ2) is 7.34. The van der Waals surface area contributed by atoms with Gasteiger partial charge in [-0.15, -0.1) is 0 Å². The van der Waals surface area contributed by atoms with Crippen molar-refractivity contribution < 1.29 is 9.90 Å². The molecule has 1 rings (SSSR count). The van der Waals surface area contributed by atoms with Crippen LogP contribution in [0.4, 0.5) is 0 Å². The molecule has 0 aliphatic rings. The van der Waals surface area contributed by atoms with Gasteiger partial charge in [0.15, 0.2) is 0 Å². The summed E-state index contributed by atoms with van der Waals surface area (Å²) in [6.45, 7) is 3.99. The monoisotopic (exact) mass is 270 g/mol. The summed E-state index contributed by atoms with van der Waals surface area (Å²) in [6, 6.07) is 3.29. The number of rotatable bonds is 6. The number of pyridine rings is 1. The standard InChI is InChI=1S/C13H19ClN2O2/c1-3-10(5-6-17)16-13(18)9-7-11(4-2)15-12(14)8-9/h7-8,10,17H,3-6H2,1-2H3,(H,16,18). The highest BCUT2D eigenvalue weighted by molar-refractivity contribution is 6.29. The van der Waals surface area contributed by atoms with Gasteiger partial charge in [-0.1, -0.05) is 25.4 Å². The minimum absolute atomic E-state index is 0.0143. The van der Waals surface area contributed by atoms with Gasteiger partial charge in [0.2, 0.25) is 0 Å². The lowest BCUT2D eigenvalue weighted by Gasteiger charge is -2.16. The summed E-state index contributed by atoms with van der Waals surface area (Å²) in [5.41, 5.74) is 1.31. The van der Waals surface area contributed by atoms with Crippen LogP contribution in [0.2, 0.25) is 5.15 Å². The third-order valence-electron chi connectivity index (χ3n) is 2.78. The van der Waals surface area contributed by atoms with Crippen molar-refractivity contribution in [3.05, 3.63) is 28.5 Å². The van der Waals surface area contributed by atoms with Crippen LogP contribution in [-0.4, -0.2) is 28.6 Å². The van der Waals surface area contributed by atoms with Crippen LogP contribution in [0.1, 0.15) is 42.7 Å². The first-order chi connectivity index (χ1) is 8.60. The highest BCUT2D eigenvalue weighted by Gasteiger charge is 2.13. The number of nitrogens with one attached hydrogen (secondary N) is 1. The Labute approximate surface area is 112 Å². The minimum Gasteiger partial charge on any atom is -0.396 e. The largest absolute Gasteiger partial charge is 0.396 e. The zero-order valence-electron chi connectivity index (χ0n) is 10.7. The van der Waals surface area contributed by atoms with E-state index in [1.165, 1.54) is 0 Å². The van der Waals surface area contributed by atoms with Gasteiger partial charge in [0.25, 0.3) is 5.91 Å². The molecule has 0 aliphatic carbocycles. The van der Waals surface area contributed by atoms with Gasteiger partial charge in [-0.3, -0.25) is 4.79 Å². The highest BCUT2D eigenvalue weighted by atomic mass is 35.5. The maximum atomic E-state index is 12.0. The Morgan fingerprint density at radius 2 is 2.22 bits per heavy atom. The van der Waals surface area contributed by atoms with E-state index < -0.39 is 0 Å². The van der Waals surface area contributed by atoms with Crippen LogP contribution < -0.4 is 5.32 Å². The number of carbonyl (C=O) groups excluding carboxylic acids is 1. The maximum absolute atomic E-state index is 12.0. The first-order valence-electron chi connectivity index (χ1n) is 6.18. The molecule has 4 nitrogen and oxygen atoms in total. The summed E-state index contributed by atoms with van der Waals surface area (Å²) < 4.78 is 0. The molecular weight excluding hydrogens is 252 g/mol. The van der Waals surface area contributed by atoms with E-state index in [4.69, 9.17) is 16.7 Å². The van der Waals surface area contributed by atoms with Gasteiger partial charge in [-0.25, -0.2) is 4.98 Å². The molecule has 0 aliphatic heterocycles. The third kappa shape index (κ3) is 4.27. The Bertz CT molecular complexity index is 410. The fraction of sp³-hybridized carbons (Fsp3) is 0.538. The predicted octanol–water partition coefficient (Wildman–Crippen LogP) is 2.19. The average molecular weight is 271 g/mol. The van der Waals surface area contributed by atoms with Crippen molar-refractivity contribution in [1.29, 1.82) is 0 Å². The Balaban J connectivity index is 2.79. The molecule has 1 aromatic rings. The number of aliphatic hydroxyl groups excluding tert-OH is 1. The van der Waals surface area contributed by atoms with Crippen molar-refractivity contribution in [3.63, 3.8) is 0 Å². The summed E-state index contributed by atoms with van der Waals surface area (Å²) in [5.74, 6) is -0.172. The quantitative estimate of drug-likeness (QED) is 0.779. The molecule has 0 saturated carbocycles. The third-order valence-corrected chi connectivity index (χ3v) is 2.97. The molecular formula is C13H19ClN2O2. The van der Waals surface area contributed by atoms with Gasteiger partial charge in [0.05, 0.1) is 0 Å². The minimum atomic E-state index is -0.172. The molecule has 0 spiro atoms. The number of nitrogens with zero attached hydrogens (tertiary/aromatic N) is 1. The number of aliphatic hydroxyl groups is 1. The average Bonchev–Trinajstić information content (AvgIpc) is 2.37. The maximum Gasteiger partial charge on any atom is 0.251 e. The van der Waals surface area contributed by atoms with E-state index in [0.29, 0.717) is 17.1 Å². The van der Waals surface area contributed by atoms with Gasteiger partial charge in [0.1, 0.15) is 5.15 Å². The number of aromatic nitrogens is 1. The second-order valence-electron chi connectivity index (χ2n) is 4.11. The van der Waals surface area contributed by atoms with Crippen LogP contribution >= 0.6 is 11.6 Å². The summed E-state index contributed by atoms with van der Waals surface area (Å²) >= 11 is 5.87. The van der Waals surface area contributed by atoms with E-state index in [9.17, 15) is 4.79 Å². The molecule has 0 radical (unpaired) electrons. The molecule has 18 heavy (non-hydrogen) atoms. The smallest absolute Gasteiger partial charge is 0.251 e. The second-order valence-corrected chi connectivity index (χ2v) is 4.50. The van der Waals surface area contributed by atoms with E-state index in [1.807, 2.05) is 13.8 Å². The molecule has 1 unspecified atom stereocenters. The molecule has 5 heteroatoms. The lowest BCUT2D eigenvalue weighted by atomic mass is 10.1. The van der Waals surface area contributed by atoms with Crippen LogP contribution in [0, 0.1) is 0 Å². The fourth-order valence-corrected chi connectivity index (χ4v) is 1.89. The van der Waals surface area contributed by atoms with Crippen LogP contribution in [0.15, 0.2) is 12.1 Å². The molecule has 0 fully saturated rings. The number of aryl methyl sites for hydroxylation is 1. The Morgan fingerprint density at radius 3 is 2.78 bits per heavy atom. The van der Waals surface area contributed by atoms with Crippen molar-refractivity contribution in [2.75, 3.05) is 6.61 Å². The zero-order chi connectivity index (χ0) is 13.5. The normalized spacial score (nSPS) is 12.2. The van der Waals surface area contributed by atoms with Crippen LogP contribution in [0.3, 0.4) is 0 Å². The first-order valence-corrected chi connectivity index (χ1v) is 6.56. The summed E-state index contributed by atoms with van der Waals surface area (Å²) in [6.07, 6.45) is 2.07. The summed E-state index contributed by atoms with van der Waals surface area (Å²) in [5, 5.41) is 12.1. The van der Waals surface area contributed by atoms with Gasteiger partial charge in [-0.2, -0.15) is 0 Å². The molecule has 0 saturated heterocycles. The number of hydrogen-bond donors (Lipinski definition) is 2. The topological polar surface area (TPSA) is 62.2 Å². The fourth-order valence-electron chi connectivity index (χ4n) is 1.67. The predicted molar refractivity (Wildman–Crippen MR) is 71.9 cm³/mol. The number of carbonyl (C=O) groups is 1. The Morgan fingerprint density at radius 1 is 1.50 bits per heavy atom. The van der Waals surface area contributed by atoms with Crippen molar-refractivity contribution in [3.8, 4) is 0 Å². The SMILES string of the molecule is CCc1cc(C(=O)NC(CC)CCO)cc(Cl)n1. The molecule has 0 bridgehead atoms. The Kier molecular flexibility index (Phi) is 6.09. The Hall–Kier alpha value is -1.13. The van der Waals surface area contributed by atoms with Crippen LogP contribution in [-0.2, 0) is 6.42 Å². The van der Waals surface area contributed by atoms with Crippen molar-refractivity contribution in [2.24, 2.45) is 0 Å². The number of amides is 1. The number of hydrogen-bond acceptors (Lipinski definition) is 3. The highest BCUT2D eigenvalue weighted by Crippen LogP contribution is 2.12. The van der Waals surface area contributed by atoms with E-state index in [1.54, 1.807) is 12.1 Å². The van der Waals surface area contributed by atoms with Gasteiger partial charge in [0, 0.05) is 23.9 Å². The lowest BCUT2D eigenvalue weighted by Crippen LogP contribution is -2.35. The van der Waals surface area contributed by atoms with Crippen molar-refractivity contribution >= 4 is 17.5 Å². The summed E-state index contributed by atoms with van der Waals surface area (Å²) in [4.78, 5) is 16.1. The molecule has 2 N–H and O–H groups in total. The van der Waals surface area contributed by atoms with E-state index in [0.717, 1.165) is 18.5 Å². The molecule has 1 aromatic heterocycles. The van der Waals surface area contributed by atoms with E-state index >= 15 is 0 Å². The van der Waals surface area contributed by atoms with Crippen LogP contribution in [0.5, 0.6) is 0 Å². The molecule has 1 heterocycles. The molecule has 100 valence electrons. The van der Waals surface area contributed by atoms with Crippen molar-refractivity contribution in [1.82, 2.24) is 10.3 Å². The number of halogens is 1. The van der Waals surface area contributed by atoms with Gasteiger partial charge >= 0.3 is 0 Å². The first kappa shape index (κ1) is 14.9. The van der Waals surface area contributed by atoms with Crippen LogP contribution in [0.25, 0.3) is 0 Å². The lowest BCUT2D eigenvalue weighted by molar-refractivity contribution is 0.0929. The van der Waals surface area contributed by atoms with E-state index in [-0.39, 0.29) is 18.6 Å². The van der Waals surface area contributed by atoms with Gasteiger partial charge < -0.3 is 10.4 Å². The zero-order valence-corrected chi connectivity index (χ0v) is 11.5. The van der Waals surface area contributed by atoms with Crippen molar-refractivity contribution in [2.45, 2.75) is 39.2 Å². The molecule has 0 aromatic carbocycles. The van der Waals surface area contributed by atoms with E-state index in [2.05, 4.69) is 10.3 Å². The molecule has 1 amide bonds. The van der Waals surface area contributed by atoms with Gasteiger partial charge in [-0.05, 0) is 31.4 Å².